The van der Waals surface area contributed by atoms with Crippen molar-refractivity contribution < 1.29 is 21.9 Å². The number of nitrogens with one attached hydrogen (secondary N) is 1. The summed E-state index contributed by atoms with van der Waals surface area (Å²) in [4.78, 5) is -0.0264. The van der Waals surface area contributed by atoms with E-state index in [1.807, 2.05) is 0 Å². The first-order valence-electron chi connectivity index (χ1n) is 5.78. The van der Waals surface area contributed by atoms with Crippen molar-refractivity contribution >= 4 is 31.5 Å². The number of aliphatic hydroxyl groups is 1. The first-order chi connectivity index (χ1) is 9.11. The van der Waals surface area contributed by atoms with Gasteiger partial charge in [0.05, 0.1) is 28.5 Å². The maximum Gasteiger partial charge on any atom is 0.241 e. The number of hydrogen-bond donors (Lipinski definition) is 2. The van der Waals surface area contributed by atoms with Gasteiger partial charge in [-0.05, 0) is 24.6 Å². The van der Waals surface area contributed by atoms with Crippen LogP contribution in [-0.4, -0.2) is 45.6 Å². The van der Waals surface area contributed by atoms with Gasteiger partial charge in [0.15, 0.2) is 9.84 Å². The number of hydrogen-bond acceptors (Lipinski definition) is 5. The molecule has 0 bridgehead atoms. The lowest BCUT2D eigenvalue weighted by atomic mass is 10.2. The molecule has 112 valence electrons. The van der Waals surface area contributed by atoms with Gasteiger partial charge in [-0.15, -0.1) is 0 Å². The van der Waals surface area contributed by atoms with Gasteiger partial charge in [0.25, 0.3) is 0 Å². The second-order valence-corrected chi connectivity index (χ2v) is 9.05. The minimum atomic E-state index is -3.94. The van der Waals surface area contributed by atoms with Gasteiger partial charge in [0.1, 0.15) is 0 Å². The van der Waals surface area contributed by atoms with Crippen molar-refractivity contribution in [1.82, 2.24) is 4.72 Å². The summed E-state index contributed by atoms with van der Waals surface area (Å²) >= 11 is 5.78. The van der Waals surface area contributed by atoms with E-state index >= 15 is 0 Å². The Morgan fingerprint density at radius 1 is 1.35 bits per heavy atom. The molecule has 1 aliphatic rings. The van der Waals surface area contributed by atoms with Crippen LogP contribution in [0.2, 0.25) is 5.02 Å². The average molecular weight is 340 g/mol. The SMILES string of the molecule is Cc1ccc(Cl)cc1S(=O)(=O)N[C@H]1CS(=O)(=O)C[C@@H]1O. The Balaban J connectivity index is 2.31. The fourth-order valence-electron chi connectivity index (χ4n) is 2.07. The fraction of sp³-hybridized carbons (Fsp3) is 0.455. The third kappa shape index (κ3) is 3.32. The molecular formula is C11H14ClNO5S2. The molecule has 0 saturated carbocycles. The van der Waals surface area contributed by atoms with Gasteiger partial charge in [-0.3, -0.25) is 0 Å². The third-order valence-electron chi connectivity index (χ3n) is 3.07. The lowest BCUT2D eigenvalue weighted by Gasteiger charge is -2.16. The lowest BCUT2D eigenvalue weighted by Crippen LogP contribution is -2.42. The second kappa shape index (κ2) is 5.27. The zero-order valence-corrected chi connectivity index (χ0v) is 13.0. The minimum Gasteiger partial charge on any atom is -0.390 e. The van der Waals surface area contributed by atoms with E-state index in [4.69, 9.17) is 11.6 Å². The Labute approximate surface area is 122 Å². The smallest absolute Gasteiger partial charge is 0.241 e. The lowest BCUT2D eigenvalue weighted by molar-refractivity contribution is 0.176. The molecule has 6 nitrogen and oxygen atoms in total. The maximum atomic E-state index is 12.2. The van der Waals surface area contributed by atoms with Crippen molar-refractivity contribution in [1.29, 1.82) is 0 Å². The van der Waals surface area contributed by atoms with Crippen molar-refractivity contribution in [3.8, 4) is 0 Å². The van der Waals surface area contributed by atoms with E-state index in [1.54, 1.807) is 19.1 Å². The molecule has 0 radical (unpaired) electrons. The number of aliphatic hydroxyl groups excluding tert-OH is 1. The van der Waals surface area contributed by atoms with Crippen LogP contribution in [0.5, 0.6) is 0 Å². The Morgan fingerprint density at radius 3 is 2.55 bits per heavy atom. The summed E-state index contributed by atoms with van der Waals surface area (Å²) in [5.41, 5.74) is 0.484. The molecule has 2 atom stereocenters. The molecule has 20 heavy (non-hydrogen) atoms. The van der Waals surface area contributed by atoms with Crippen LogP contribution in [-0.2, 0) is 19.9 Å². The fourth-order valence-corrected chi connectivity index (χ4v) is 5.69. The van der Waals surface area contributed by atoms with Gasteiger partial charge in [0, 0.05) is 5.02 Å². The van der Waals surface area contributed by atoms with Gasteiger partial charge in [-0.25, -0.2) is 21.6 Å². The third-order valence-corrected chi connectivity index (χ3v) is 6.65. The summed E-state index contributed by atoms with van der Waals surface area (Å²) in [6.45, 7) is 1.60. The summed E-state index contributed by atoms with van der Waals surface area (Å²) in [7, 11) is -7.36. The predicted octanol–water partition coefficient (Wildman–Crippen LogP) is 0.0846. The van der Waals surface area contributed by atoms with Gasteiger partial charge in [-0.2, -0.15) is 0 Å². The summed E-state index contributed by atoms with van der Waals surface area (Å²) in [5.74, 6) is -0.846. The van der Waals surface area contributed by atoms with E-state index in [-0.39, 0.29) is 9.92 Å². The molecule has 0 unspecified atom stereocenters. The van der Waals surface area contributed by atoms with Gasteiger partial charge >= 0.3 is 0 Å². The van der Waals surface area contributed by atoms with Crippen molar-refractivity contribution in [2.24, 2.45) is 0 Å². The van der Waals surface area contributed by atoms with E-state index in [0.29, 0.717) is 5.56 Å². The molecule has 1 aromatic carbocycles. The quantitative estimate of drug-likeness (QED) is 0.812. The van der Waals surface area contributed by atoms with Crippen LogP contribution in [0.25, 0.3) is 0 Å². The predicted molar refractivity (Wildman–Crippen MR) is 75.0 cm³/mol. The van der Waals surface area contributed by atoms with E-state index in [0.717, 1.165) is 0 Å². The highest BCUT2D eigenvalue weighted by atomic mass is 35.5. The van der Waals surface area contributed by atoms with Crippen LogP contribution < -0.4 is 4.72 Å². The standard InChI is InChI=1S/C11H14ClNO5S2/c1-7-2-3-8(12)4-11(7)20(17,18)13-9-5-19(15,16)6-10(9)14/h2-4,9-10,13-14H,5-6H2,1H3/t9-,10-/m0/s1. The molecule has 1 heterocycles. The summed E-state index contributed by atoms with van der Waals surface area (Å²) in [6.07, 6.45) is -1.24. The molecule has 9 heteroatoms. The van der Waals surface area contributed by atoms with Crippen molar-refractivity contribution in [2.45, 2.75) is 24.0 Å². The highest BCUT2D eigenvalue weighted by Gasteiger charge is 2.39. The first kappa shape index (κ1) is 15.7. The zero-order chi connectivity index (χ0) is 15.1. The van der Waals surface area contributed by atoms with Crippen molar-refractivity contribution in [2.75, 3.05) is 11.5 Å². The molecule has 2 rings (SSSR count). The Bertz CT molecular complexity index is 729. The highest BCUT2D eigenvalue weighted by Crippen LogP contribution is 2.22. The average Bonchev–Trinajstić information content (AvgIpc) is 2.54. The van der Waals surface area contributed by atoms with Gasteiger partial charge in [0.2, 0.25) is 10.0 Å². The zero-order valence-electron chi connectivity index (χ0n) is 10.6. The largest absolute Gasteiger partial charge is 0.390 e. The molecule has 0 aliphatic carbocycles. The number of sulfonamides is 1. The topological polar surface area (TPSA) is 101 Å². The maximum absolute atomic E-state index is 12.2. The monoisotopic (exact) mass is 339 g/mol. The number of aryl methyl sites for hydroxylation is 1. The normalized spacial score (nSPS) is 25.8. The van der Waals surface area contributed by atoms with E-state index in [2.05, 4.69) is 4.72 Å². The summed E-state index contributed by atoms with van der Waals surface area (Å²) < 4.78 is 49.5. The number of halogens is 1. The van der Waals surface area contributed by atoms with Crippen molar-refractivity contribution in [3.63, 3.8) is 0 Å². The van der Waals surface area contributed by atoms with Crippen LogP contribution in [0, 0.1) is 6.92 Å². The minimum absolute atomic E-state index is 0.0264. The van der Waals surface area contributed by atoms with Gasteiger partial charge < -0.3 is 5.11 Å². The second-order valence-electron chi connectivity index (χ2n) is 4.78. The van der Waals surface area contributed by atoms with E-state index in [9.17, 15) is 21.9 Å². The van der Waals surface area contributed by atoms with Crippen LogP contribution in [0.15, 0.2) is 23.1 Å². The first-order valence-corrected chi connectivity index (χ1v) is 9.46. The molecule has 1 saturated heterocycles. The number of rotatable bonds is 3. The van der Waals surface area contributed by atoms with Crippen LogP contribution >= 0.6 is 11.6 Å². The highest BCUT2D eigenvalue weighted by molar-refractivity contribution is 7.92. The Morgan fingerprint density at radius 2 is 2.00 bits per heavy atom. The molecule has 2 N–H and O–H groups in total. The van der Waals surface area contributed by atoms with Gasteiger partial charge in [-0.1, -0.05) is 17.7 Å². The number of sulfone groups is 1. The Hall–Kier alpha value is -0.670. The van der Waals surface area contributed by atoms with Crippen LogP contribution in [0.4, 0.5) is 0 Å². The van der Waals surface area contributed by atoms with Crippen LogP contribution in [0.3, 0.4) is 0 Å². The molecule has 0 aromatic heterocycles. The van der Waals surface area contributed by atoms with Crippen LogP contribution in [0.1, 0.15) is 5.56 Å². The summed E-state index contributed by atoms with van der Waals surface area (Å²) in [6, 6.07) is 3.36. The molecule has 0 spiro atoms. The molecular weight excluding hydrogens is 326 g/mol. The molecule has 0 amide bonds. The van der Waals surface area contributed by atoms with Crippen molar-refractivity contribution in [3.05, 3.63) is 28.8 Å². The van der Waals surface area contributed by atoms with E-state index < -0.39 is 43.5 Å². The molecule has 1 aromatic rings. The molecule has 1 aliphatic heterocycles. The number of benzene rings is 1. The summed E-state index contributed by atoms with van der Waals surface area (Å²) in [5, 5.41) is 9.89. The Kier molecular flexibility index (Phi) is 4.14. The molecule has 1 fully saturated rings. The van der Waals surface area contributed by atoms with E-state index in [1.165, 1.54) is 6.07 Å².